The first-order chi connectivity index (χ1) is 15.0. The first-order valence-corrected chi connectivity index (χ1v) is 12.7. The number of nitro groups is 1. The molecule has 0 atom stereocenters. The summed E-state index contributed by atoms with van der Waals surface area (Å²) < 4.78 is 34.0. The number of nitro benzene ring substituents is 1. The van der Waals surface area contributed by atoms with Crippen LogP contribution in [0.3, 0.4) is 0 Å². The van der Waals surface area contributed by atoms with Crippen molar-refractivity contribution in [3.05, 3.63) is 34.7 Å². The summed E-state index contributed by atoms with van der Waals surface area (Å²) in [7, 11) is -1.16. The molecule has 1 rings (SSSR count). The van der Waals surface area contributed by atoms with E-state index < -0.39 is 13.7 Å². The second kappa shape index (κ2) is 16.0. The van der Waals surface area contributed by atoms with E-state index in [1.54, 1.807) is 6.07 Å². The minimum atomic E-state index is -2.65. The second-order valence-corrected chi connectivity index (χ2v) is 9.31. The van der Waals surface area contributed by atoms with E-state index in [0.29, 0.717) is 62.6 Å². The van der Waals surface area contributed by atoms with Gasteiger partial charge in [-0.3, -0.25) is 10.1 Å². The SMILES string of the molecule is [CH2-]CCOc1cc([N+](=O)[O-])c(COCCCC[Si](OCC)(OCC)OCC)cc1OC.[Rf]. The largest absolute Gasteiger partial charge is 0.500 e. The van der Waals surface area contributed by atoms with E-state index in [2.05, 4.69) is 6.92 Å². The average molecular weight is 726 g/mol. The van der Waals surface area contributed by atoms with E-state index in [1.807, 2.05) is 20.8 Å². The maximum Gasteiger partial charge on any atom is 0.500 e. The van der Waals surface area contributed by atoms with E-state index in [1.165, 1.54) is 13.2 Å². The van der Waals surface area contributed by atoms with Gasteiger partial charge in [-0.2, -0.15) is 0 Å². The summed E-state index contributed by atoms with van der Waals surface area (Å²) in [5.41, 5.74) is 0.376. The van der Waals surface area contributed by atoms with Gasteiger partial charge in [-0.25, -0.2) is 0 Å². The Bertz CT molecular complexity index is 648. The Morgan fingerprint density at radius 3 is 2.12 bits per heavy atom. The van der Waals surface area contributed by atoms with Crippen LogP contribution in [0.1, 0.15) is 45.6 Å². The van der Waals surface area contributed by atoms with Gasteiger partial charge >= 0.3 is 8.80 Å². The number of unbranched alkanes of at least 4 members (excludes halogenated alkanes) is 1. The Balaban J connectivity index is 0.00000961. The molecule has 0 spiro atoms. The van der Waals surface area contributed by atoms with Gasteiger partial charge < -0.3 is 34.4 Å². The topological polar surface area (TPSA) is 98.5 Å². The van der Waals surface area contributed by atoms with Crippen molar-refractivity contribution in [3.8, 4) is 11.5 Å². The fraction of sp³-hybridized carbons (Fsp3) is 0.667. The molecule has 0 aliphatic rings. The Morgan fingerprint density at radius 2 is 1.62 bits per heavy atom. The van der Waals surface area contributed by atoms with Gasteiger partial charge in [0.2, 0.25) is 0 Å². The molecule has 0 aromatic heterocycles. The molecule has 32 heavy (non-hydrogen) atoms. The molecule has 9 nitrogen and oxygen atoms in total. The average Bonchev–Trinajstić information content (AvgIpc) is 2.75. The second-order valence-electron chi connectivity index (χ2n) is 6.58. The van der Waals surface area contributed by atoms with Gasteiger partial charge in [-0.15, -0.1) is 6.42 Å². The Kier molecular flexibility index (Phi) is 14.6. The van der Waals surface area contributed by atoms with Crippen molar-refractivity contribution >= 4 is 14.5 Å². The minimum Gasteiger partial charge on any atom is -0.493 e. The van der Waals surface area contributed by atoms with Crippen LogP contribution >= 0.6 is 0 Å². The summed E-state index contributed by atoms with van der Waals surface area (Å²) in [5.74, 6) is 0.754. The molecule has 0 bridgehead atoms. The predicted molar refractivity (Wildman–Crippen MR) is 119 cm³/mol. The van der Waals surface area contributed by atoms with Crippen molar-refractivity contribution in [3.63, 3.8) is 0 Å². The van der Waals surface area contributed by atoms with Gasteiger partial charge in [-0.05, 0) is 39.7 Å². The number of benzene rings is 1. The number of hydrogen-bond acceptors (Lipinski definition) is 8. The molecule has 0 unspecified atom stereocenters. The van der Waals surface area contributed by atoms with Crippen LogP contribution in [0.5, 0.6) is 11.5 Å². The fourth-order valence-electron chi connectivity index (χ4n) is 3.06. The molecule has 0 saturated heterocycles. The van der Waals surface area contributed by atoms with E-state index in [0.717, 1.165) is 12.8 Å². The summed E-state index contributed by atoms with van der Waals surface area (Å²) in [6.07, 6.45) is 2.12. The predicted octanol–water partition coefficient (Wildman–Crippen LogP) is 4.55. The van der Waals surface area contributed by atoms with Crippen molar-refractivity contribution in [1.29, 1.82) is 0 Å². The van der Waals surface area contributed by atoms with Crippen LogP contribution in [0.15, 0.2) is 12.1 Å². The Morgan fingerprint density at radius 1 is 1.00 bits per heavy atom. The van der Waals surface area contributed by atoms with Crippen molar-refractivity contribution in [1.82, 2.24) is 0 Å². The van der Waals surface area contributed by atoms with Gasteiger partial charge in [0.1, 0.15) is 0 Å². The van der Waals surface area contributed by atoms with Gasteiger partial charge in [0.15, 0.2) is 11.5 Å². The first kappa shape index (κ1) is 29.3. The molecular weight excluding hydrogens is 689 g/mol. The molecule has 0 fully saturated rings. The van der Waals surface area contributed by atoms with Gasteiger partial charge in [-0.1, -0.05) is 0 Å². The molecule has 0 aliphatic heterocycles. The van der Waals surface area contributed by atoms with Gasteiger partial charge in [0.25, 0.3) is 5.69 Å². The number of hydrogen-bond donors (Lipinski definition) is 0. The summed E-state index contributed by atoms with van der Waals surface area (Å²) >= 11 is 0. The van der Waals surface area contributed by atoms with Crippen LogP contribution < -0.4 is 9.47 Å². The van der Waals surface area contributed by atoms with Crippen molar-refractivity contribution in [2.75, 3.05) is 40.1 Å². The van der Waals surface area contributed by atoms with Crippen LogP contribution in [0, 0.1) is 17.0 Å². The van der Waals surface area contributed by atoms with Crippen molar-refractivity contribution in [2.45, 2.75) is 52.7 Å². The molecule has 1 aromatic carbocycles. The molecule has 0 aliphatic carbocycles. The Hall–Kier alpha value is -2.72. The molecular formula is C21H36NO8RfSi-. The van der Waals surface area contributed by atoms with E-state index in [-0.39, 0.29) is 12.3 Å². The third-order valence-electron chi connectivity index (χ3n) is 4.34. The number of methoxy groups -OCH3 is 1. The fourth-order valence-corrected chi connectivity index (χ4v) is 5.75. The third kappa shape index (κ3) is 9.19. The number of ether oxygens (including phenoxy) is 3. The summed E-state index contributed by atoms with van der Waals surface area (Å²) in [6.45, 7) is 12.0. The quantitative estimate of drug-likeness (QED) is 0.0716. The van der Waals surface area contributed by atoms with Crippen LogP contribution in [0.4, 0.5) is 5.69 Å². The molecule has 0 heterocycles. The van der Waals surface area contributed by atoms with Crippen LogP contribution in [-0.2, 0) is 24.6 Å². The van der Waals surface area contributed by atoms with Crippen LogP contribution in [-0.4, -0.2) is 53.9 Å². The number of nitrogens with zero attached hydrogens (tertiary/aromatic N) is 1. The third-order valence-corrected chi connectivity index (χ3v) is 7.49. The van der Waals surface area contributed by atoms with Crippen LogP contribution in [0.2, 0.25) is 6.04 Å². The first-order valence-electron chi connectivity index (χ1n) is 10.7. The molecule has 0 N–H and O–H groups in total. The van der Waals surface area contributed by atoms with E-state index in [9.17, 15) is 10.1 Å². The molecule has 0 saturated carbocycles. The molecule has 1 aromatic rings. The Labute approximate surface area is 186 Å². The summed E-state index contributed by atoms with van der Waals surface area (Å²) in [4.78, 5) is 11.0. The zero-order chi connectivity index (χ0) is 23.1. The monoisotopic (exact) mass is 725 g/mol. The van der Waals surface area contributed by atoms with Crippen molar-refractivity contribution in [2.24, 2.45) is 0 Å². The standard InChI is InChI=1S/C21H36NO8Si.Rf/c1-6-12-27-21-16-19(22(23)24)18(15-20(21)25-5)17-26-13-10-11-14-31(28-7-2,29-8-3)30-9-4;/h15-16H,1,6-14,17H2,2-5H3;/q-1;. The number of rotatable bonds is 18. The van der Waals surface area contributed by atoms with Gasteiger partial charge in [0.05, 0.1) is 36.9 Å². The zero-order valence-electron chi connectivity index (χ0n) is 19.9. The molecule has 180 valence electrons. The summed E-state index contributed by atoms with van der Waals surface area (Å²) in [6, 6.07) is 3.67. The zero-order valence-corrected chi connectivity index (χ0v) is 27.3. The minimum absolute atomic E-state index is 0. The molecule has 11 heteroatoms. The maximum absolute atomic E-state index is 11.5. The molecule has 0 radical (unpaired) electrons. The van der Waals surface area contributed by atoms with Crippen molar-refractivity contribution < 1.29 is 32.4 Å². The maximum atomic E-state index is 11.5. The van der Waals surface area contributed by atoms with Crippen LogP contribution in [0.25, 0.3) is 0 Å². The smallest absolute Gasteiger partial charge is 0.493 e. The summed E-state index contributed by atoms with van der Waals surface area (Å²) in [5, 5.41) is 11.5. The van der Waals surface area contributed by atoms with Gasteiger partial charge in [0, 0.05) is 32.5 Å². The van der Waals surface area contributed by atoms with E-state index in [4.69, 9.17) is 27.5 Å². The molecule has 0 amide bonds. The normalized spacial score (nSPS) is 11.2. The van der Waals surface area contributed by atoms with E-state index >= 15 is 0 Å².